The highest BCUT2D eigenvalue weighted by Crippen LogP contribution is 2.50. The third kappa shape index (κ3) is 9.65. The van der Waals surface area contributed by atoms with Gasteiger partial charge in [-0.05, 0) is 139 Å². The van der Waals surface area contributed by atoms with Gasteiger partial charge in [-0.25, -0.2) is 15.8 Å². The van der Waals surface area contributed by atoms with E-state index < -0.39 is 0 Å². The van der Waals surface area contributed by atoms with Crippen LogP contribution in [0.15, 0.2) is 9.98 Å². The van der Waals surface area contributed by atoms with Crippen LogP contribution in [0.5, 0.6) is 0 Å². The lowest BCUT2D eigenvalue weighted by Crippen LogP contribution is -2.68. The maximum absolute atomic E-state index is 7.24. The van der Waals surface area contributed by atoms with Gasteiger partial charge in [0, 0.05) is 53.1 Å². The lowest BCUT2D eigenvalue weighted by Gasteiger charge is -2.60. The highest BCUT2D eigenvalue weighted by Gasteiger charge is 2.55. The van der Waals surface area contributed by atoms with E-state index in [1.807, 2.05) is 5.01 Å². The number of hydrogen-bond acceptors (Lipinski definition) is 10. The van der Waals surface area contributed by atoms with Crippen LogP contribution in [0.3, 0.4) is 0 Å². The van der Waals surface area contributed by atoms with Crippen LogP contribution in [-0.2, 0) is 0 Å². The third-order valence-electron chi connectivity index (χ3n) is 13.3. The zero-order valence-electron chi connectivity index (χ0n) is 34.0. The summed E-state index contributed by atoms with van der Waals surface area (Å²) >= 11 is 0. The van der Waals surface area contributed by atoms with Crippen molar-refractivity contribution in [3.63, 3.8) is 0 Å². The Morgan fingerprint density at radius 1 is 0.755 bits per heavy atom. The number of amidine groups is 2. The van der Waals surface area contributed by atoms with Gasteiger partial charge in [-0.2, -0.15) is 0 Å². The van der Waals surface area contributed by atoms with Crippen molar-refractivity contribution in [2.24, 2.45) is 51.0 Å². The second kappa shape index (κ2) is 17.6. The summed E-state index contributed by atoms with van der Waals surface area (Å²) < 4.78 is 0. The Kier molecular flexibility index (Phi) is 15.2. The molecule has 2 fully saturated rings. The summed E-state index contributed by atoms with van der Waals surface area (Å²) in [5.74, 6) is 10.6. The number of piperidine rings is 2. The number of rotatable bonds is 18. The fourth-order valence-electron chi connectivity index (χ4n) is 9.54. The van der Waals surface area contributed by atoms with Gasteiger partial charge in [-0.1, -0.05) is 39.5 Å². The first kappa shape index (κ1) is 42.3. The van der Waals surface area contributed by atoms with Gasteiger partial charge in [0.1, 0.15) is 11.7 Å². The van der Waals surface area contributed by atoms with E-state index in [4.69, 9.17) is 27.3 Å². The molecule has 6 atom stereocenters. The summed E-state index contributed by atoms with van der Waals surface area (Å²) in [5.41, 5.74) is 12.7. The predicted octanol–water partition coefficient (Wildman–Crippen LogP) is 5.17. The molecule has 10 heteroatoms. The maximum Gasteiger partial charge on any atom is 0.153 e. The first-order chi connectivity index (χ1) is 22.9. The van der Waals surface area contributed by atoms with E-state index in [1.54, 1.807) is 0 Å². The summed E-state index contributed by atoms with van der Waals surface area (Å²) in [4.78, 5) is 16.4. The van der Waals surface area contributed by atoms with Gasteiger partial charge in [-0.15, -0.1) is 0 Å². The molecule has 0 bridgehead atoms. The van der Waals surface area contributed by atoms with Crippen LogP contribution in [-0.4, -0.2) is 108 Å². The topological polar surface area (TPSA) is 137 Å². The van der Waals surface area contributed by atoms with Gasteiger partial charge in [0.25, 0.3) is 0 Å². The molecule has 3 aliphatic heterocycles. The smallest absolute Gasteiger partial charge is 0.153 e. The normalized spacial score (nSPS) is 30.6. The molecule has 0 amide bonds. The summed E-state index contributed by atoms with van der Waals surface area (Å²) in [5, 5.41) is 8.95. The minimum Gasteiger partial charge on any atom is -0.330 e. The van der Waals surface area contributed by atoms with E-state index >= 15 is 0 Å². The first-order valence-electron chi connectivity index (χ1n) is 19.9. The number of nitrogens with two attached hydrogens (primary N) is 3. The molecule has 6 unspecified atom stereocenters. The molecule has 3 aliphatic rings. The number of nitrogens with zero attached hydrogens (tertiary/aromatic N) is 5. The monoisotopic (exact) mass is 689 g/mol. The minimum atomic E-state index is -0.345. The number of nitrogens with one attached hydrogen (secondary N) is 2. The van der Waals surface area contributed by atoms with Gasteiger partial charge < -0.3 is 22.1 Å². The Morgan fingerprint density at radius 3 is 1.76 bits per heavy atom. The van der Waals surface area contributed by atoms with Crippen molar-refractivity contribution in [1.82, 2.24) is 25.4 Å². The predicted molar refractivity (Wildman–Crippen MR) is 211 cm³/mol. The molecule has 286 valence electrons. The van der Waals surface area contributed by atoms with Crippen LogP contribution in [0.25, 0.3) is 0 Å². The Labute approximate surface area is 302 Å². The summed E-state index contributed by atoms with van der Waals surface area (Å²) in [6.07, 6.45) is 10.6. The van der Waals surface area contributed by atoms with E-state index in [2.05, 4.69) is 104 Å². The van der Waals surface area contributed by atoms with Gasteiger partial charge in [0.2, 0.25) is 0 Å². The molecular weight excluding hydrogens is 608 g/mol. The van der Waals surface area contributed by atoms with E-state index in [1.165, 1.54) is 25.7 Å². The SMILES string of the molecule is CCCCC1C(C2=NC(C(N)CCNCCNCCCN)N(N)C(C3CC(C)(C)N(C)C(C)(C)C3CCCC)=N2)CC(C)(C)N(C)C1(C)C. The Hall–Kier alpha value is -1.14. The fourth-order valence-corrected chi connectivity index (χ4v) is 9.54. The van der Waals surface area contributed by atoms with E-state index in [-0.39, 0.29) is 46.2 Å². The molecule has 2 saturated heterocycles. The highest BCUT2D eigenvalue weighted by molar-refractivity contribution is 6.01. The fraction of sp³-hybridized carbons (Fsp3) is 0.949. The van der Waals surface area contributed by atoms with Crippen LogP contribution in [0.2, 0.25) is 0 Å². The molecule has 3 rings (SSSR count). The van der Waals surface area contributed by atoms with Gasteiger partial charge in [-0.3, -0.25) is 14.8 Å². The van der Waals surface area contributed by atoms with Crippen molar-refractivity contribution in [3.8, 4) is 0 Å². The largest absolute Gasteiger partial charge is 0.330 e. The number of unbranched alkanes of at least 4 members (excludes halogenated alkanes) is 2. The lowest BCUT2D eigenvalue weighted by molar-refractivity contribution is -0.0677. The van der Waals surface area contributed by atoms with Crippen LogP contribution in [0.4, 0.5) is 0 Å². The Morgan fingerprint density at radius 2 is 1.24 bits per heavy atom. The Balaban J connectivity index is 2.06. The average molecular weight is 689 g/mol. The summed E-state index contributed by atoms with van der Waals surface area (Å²) in [7, 11) is 4.63. The molecule has 10 nitrogen and oxygen atoms in total. The van der Waals surface area contributed by atoms with E-state index in [0.29, 0.717) is 11.8 Å². The molecule has 0 saturated carbocycles. The molecule has 8 N–H and O–H groups in total. The number of aliphatic imine (C=N–C) groups is 2. The molecule has 0 spiro atoms. The van der Waals surface area contributed by atoms with Gasteiger partial charge >= 0.3 is 0 Å². The number of likely N-dealkylation sites (tertiary alicyclic amines) is 2. The van der Waals surface area contributed by atoms with Crippen molar-refractivity contribution in [1.29, 1.82) is 0 Å². The van der Waals surface area contributed by atoms with Crippen LogP contribution in [0.1, 0.15) is 133 Å². The standard InChI is InChI=1S/C39H80N10/c1-13-15-18-30-28(26-36(3,4)47(11)38(30,7)8)33-45-34(29-27-37(5,6)48(12)39(9,10)31(29)19-16-14-2)49(42)35(46-33)32(41)20-23-44-25-24-43-22-17-21-40/h28-32,35,43-44H,13-27,40-42H2,1-12H3. The van der Waals surface area contributed by atoms with Gasteiger partial charge in [0.15, 0.2) is 6.17 Å². The average Bonchev–Trinajstić information content (AvgIpc) is 3.03. The van der Waals surface area contributed by atoms with Crippen molar-refractivity contribution in [2.75, 3.05) is 46.8 Å². The van der Waals surface area contributed by atoms with Crippen molar-refractivity contribution in [2.45, 2.75) is 168 Å². The van der Waals surface area contributed by atoms with Crippen LogP contribution >= 0.6 is 0 Å². The number of hydrogen-bond donors (Lipinski definition) is 5. The summed E-state index contributed by atoms with van der Waals surface area (Å²) in [6.45, 7) is 28.2. The maximum atomic E-state index is 7.24. The number of hydrazine groups is 1. The molecule has 0 aliphatic carbocycles. The zero-order chi connectivity index (χ0) is 36.8. The molecule has 49 heavy (non-hydrogen) atoms. The molecule has 0 aromatic heterocycles. The lowest BCUT2D eigenvalue weighted by atomic mass is 9.63. The van der Waals surface area contributed by atoms with Crippen molar-refractivity contribution < 1.29 is 0 Å². The molecular formula is C39H80N10. The van der Waals surface area contributed by atoms with Crippen molar-refractivity contribution in [3.05, 3.63) is 0 Å². The second-order valence-corrected chi connectivity index (χ2v) is 18.0. The Bertz CT molecular complexity index is 1080. The molecule has 0 radical (unpaired) electrons. The van der Waals surface area contributed by atoms with Crippen LogP contribution < -0.4 is 27.9 Å². The molecule has 0 aromatic rings. The quantitative estimate of drug-likeness (QED) is 0.0983. The molecule has 3 heterocycles. The second-order valence-electron chi connectivity index (χ2n) is 18.0. The van der Waals surface area contributed by atoms with E-state index in [9.17, 15) is 0 Å². The minimum absolute atomic E-state index is 0.000550. The third-order valence-corrected chi connectivity index (χ3v) is 13.3. The van der Waals surface area contributed by atoms with Crippen LogP contribution in [0, 0.1) is 23.7 Å². The first-order valence-corrected chi connectivity index (χ1v) is 19.9. The van der Waals surface area contributed by atoms with Crippen molar-refractivity contribution >= 4 is 11.7 Å². The molecule has 0 aromatic carbocycles. The van der Waals surface area contributed by atoms with E-state index in [0.717, 1.165) is 82.9 Å². The highest BCUT2D eigenvalue weighted by atomic mass is 15.5. The zero-order valence-corrected chi connectivity index (χ0v) is 34.0. The summed E-state index contributed by atoms with van der Waals surface area (Å²) in [6, 6.07) is -0.217. The van der Waals surface area contributed by atoms with Gasteiger partial charge in [0.05, 0.1) is 0 Å².